The lowest BCUT2D eigenvalue weighted by molar-refractivity contribution is 0.365. The van der Waals surface area contributed by atoms with Gasteiger partial charge in [0.05, 0.1) is 0 Å². The molecule has 1 heteroatoms. The largest absolute Gasteiger partial charge is 0.257 e. The zero-order chi connectivity index (χ0) is 17.4. The van der Waals surface area contributed by atoms with Crippen molar-refractivity contribution in [1.82, 2.24) is 4.98 Å². The SMILES string of the molecule is C=CCC(CC)(CCC)c1cc(CC)cc(C2CCCCCC2)n1. The van der Waals surface area contributed by atoms with Crippen LogP contribution < -0.4 is 0 Å². The van der Waals surface area contributed by atoms with E-state index in [9.17, 15) is 0 Å². The summed E-state index contributed by atoms with van der Waals surface area (Å²) in [7, 11) is 0. The molecule has 1 unspecified atom stereocenters. The molecule has 1 heterocycles. The summed E-state index contributed by atoms with van der Waals surface area (Å²) in [6.45, 7) is 10.9. The molecular weight excluding hydrogens is 290 g/mol. The molecule has 0 aliphatic heterocycles. The predicted molar refractivity (Wildman–Crippen MR) is 106 cm³/mol. The summed E-state index contributed by atoms with van der Waals surface area (Å²) in [5, 5.41) is 0. The van der Waals surface area contributed by atoms with E-state index in [1.165, 1.54) is 68.3 Å². The molecule has 24 heavy (non-hydrogen) atoms. The van der Waals surface area contributed by atoms with Crippen LogP contribution in [0, 0.1) is 0 Å². The topological polar surface area (TPSA) is 12.9 Å². The Kier molecular flexibility index (Phi) is 7.52. The number of pyridine rings is 1. The maximum Gasteiger partial charge on any atom is 0.0474 e. The monoisotopic (exact) mass is 327 g/mol. The maximum atomic E-state index is 5.28. The molecule has 1 nitrogen and oxygen atoms in total. The second kappa shape index (κ2) is 9.39. The number of aryl methyl sites for hydroxylation is 1. The van der Waals surface area contributed by atoms with Crippen LogP contribution in [0.2, 0.25) is 0 Å². The van der Waals surface area contributed by atoms with Gasteiger partial charge in [-0.2, -0.15) is 0 Å². The summed E-state index contributed by atoms with van der Waals surface area (Å²) in [5.74, 6) is 0.678. The molecule has 0 saturated heterocycles. The average Bonchev–Trinajstić information content (AvgIpc) is 2.90. The van der Waals surface area contributed by atoms with Crippen molar-refractivity contribution in [2.45, 2.75) is 103 Å². The van der Waals surface area contributed by atoms with Gasteiger partial charge in [-0.25, -0.2) is 0 Å². The first-order valence-corrected chi connectivity index (χ1v) is 10.3. The van der Waals surface area contributed by atoms with Crippen molar-refractivity contribution in [1.29, 1.82) is 0 Å². The summed E-state index contributed by atoms with van der Waals surface area (Å²) in [4.78, 5) is 5.28. The van der Waals surface area contributed by atoms with Gasteiger partial charge in [-0.15, -0.1) is 6.58 Å². The molecule has 1 saturated carbocycles. The first kappa shape index (κ1) is 19.2. The molecule has 0 N–H and O–H groups in total. The van der Waals surface area contributed by atoms with Crippen molar-refractivity contribution >= 4 is 0 Å². The molecule has 1 aromatic heterocycles. The molecule has 0 bridgehead atoms. The fourth-order valence-electron chi connectivity index (χ4n) is 4.46. The first-order chi connectivity index (χ1) is 11.7. The third-order valence-corrected chi connectivity index (χ3v) is 6.07. The van der Waals surface area contributed by atoms with Crippen LogP contribution in [-0.4, -0.2) is 4.98 Å². The van der Waals surface area contributed by atoms with Gasteiger partial charge in [-0.1, -0.05) is 59.0 Å². The number of hydrogen-bond donors (Lipinski definition) is 0. The maximum absolute atomic E-state index is 5.28. The average molecular weight is 328 g/mol. The summed E-state index contributed by atoms with van der Waals surface area (Å²) in [6, 6.07) is 4.79. The van der Waals surface area contributed by atoms with Gasteiger partial charge in [0, 0.05) is 22.7 Å². The number of hydrogen-bond acceptors (Lipinski definition) is 1. The van der Waals surface area contributed by atoms with Crippen molar-refractivity contribution in [3.05, 3.63) is 41.7 Å². The third kappa shape index (κ3) is 4.49. The number of aromatic nitrogens is 1. The molecule has 0 radical (unpaired) electrons. The van der Waals surface area contributed by atoms with E-state index in [-0.39, 0.29) is 5.41 Å². The molecule has 1 aliphatic carbocycles. The Morgan fingerprint density at radius 3 is 2.38 bits per heavy atom. The fourth-order valence-corrected chi connectivity index (χ4v) is 4.46. The minimum atomic E-state index is 0.182. The van der Waals surface area contributed by atoms with E-state index in [0.717, 1.165) is 19.3 Å². The molecular formula is C23H37N. The second-order valence-corrected chi connectivity index (χ2v) is 7.70. The van der Waals surface area contributed by atoms with Crippen molar-refractivity contribution in [2.24, 2.45) is 0 Å². The normalized spacial score (nSPS) is 18.8. The minimum absolute atomic E-state index is 0.182. The van der Waals surface area contributed by atoms with Crippen molar-refractivity contribution in [3.63, 3.8) is 0 Å². The zero-order valence-electron chi connectivity index (χ0n) is 16.2. The van der Waals surface area contributed by atoms with E-state index < -0.39 is 0 Å². The van der Waals surface area contributed by atoms with E-state index >= 15 is 0 Å². The van der Waals surface area contributed by atoms with Gasteiger partial charge in [0.25, 0.3) is 0 Å². The Hall–Kier alpha value is -1.11. The molecule has 0 spiro atoms. The van der Waals surface area contributed by atoms with Crippen LogP contribution in [0.1, 0.15) is 108 Å². The van der Waals surface area contributed by atoms with Crippen molar-refractivity contribution in [2.75, 3.05) is 0 Å². The van der Waals surface area contributed by atoms with Crippen LogP contribution >= 0.6 is 0 Å². The van der Waals surface area contributed by atoms with Gasteiger partial charge in [-0.3, -0.25) is 4.98 Å². The summed E-state index contributed by atoms with van der Waals surface area (Å²) >= 11 is 0. The van der Waals surface area contributed by atoms with Gasteiger partial charge >= 0.3 is 0 Å². The fraction of sp³-hybridized carbons (Fsp3) is 0.696. The first-order valence-electron chi connectivity index (χ1n) is 10.3. The number of rotatable bonds is 8. The van der Waals surface area contributed by atoms with Gasteiger partial charge in [0.2, 0.25) is 0 Å². The highest BCUT2D eigenvalue weighted by atomic mass is 14.8. The van der Waals surface area contributed by atoms with Gasteiger partial charge in [-0.05, 0) is 56.2 Å². The molecule has 1 aliphatic rings. The predicted octanol–water partition coefficient (Wildman–Crippen LogP) is 7.11. The highest BCUT2D eigenvalue weighted by Crippen LogP contribution is 2.38. The molecule has 2 rings (SSSR count). The highest BCUT2D eigenvalue weighted by molar-refractivity contribution is 5.29. The van der Waals surface area contributed by atoms with E-state index in [1.807, 2.05) is 0 Å². The summed E-state index contributed by atoms with van der Waals surface area (Å²) < 4.78 is 0. The lowest BCUT2D eigenvalue weighted by atomic mass is 9.74. The standard InChI is InChI=1S/C23H37N/c1-5-15-23(8-4,16-6-2)22-18-19(7-3)17-21(24-22)20-13-11-9-10-12-14-20/h5,17-18,20H,1,6-16H2,2-4H3. The quantitative estimate of drug-likeness (QED) is 0.366. The van der Waals surface area contributed by atoms with Crippen LogP contribution in [0.25, 0.3) is 0 Å². The molecule has 1 aromatic rings. The van der Waals surface area contributed by atoms with Crippen molar-refractivity contribution < 1.29 is 0 Å². The van der Waals surface area contributed by atoms with Crippen LogP contribution in [-0.2, 0) is 11.8 Å². The van der Waals surface area contributed by atoms with Crippen LogP contribution in [0.4, 0.5) is 0 Å². The minimum Gasteiger partial charge on any atom is -0.257 e. The molecule has 134 valence electrons. The molecule has 0 amide bonds. The smallest absolute Gasteiger partial charge is 0.0474 e. The highest BCUT2D eigenvalue weighted by Gasteiger charge is 2.31. The van der Waals surface area contributed by atoms with E-state index in [4.69, 9.17) is 4.98 Å². The van der Waals surface area contributed by atoms with E-state index in [2.05, 4.69) is 45.6 Å². The zero-order valence-corrected chi connectivity index (χ0v) is 16.2. The molecule has 0 aromatic carbocycles. The van der Waals surface area contributed by atoms with E-state index in [0.29, 0.717) is 5.92 Å². The Morgan fingerprint density at radius 2 is 1.83 bits per heavy atom. The second-order valence-electron chi connectivity index (χ2n) is 7.70. The van der Waals surface area contributed by atoms with Gasteiger partial charge in [0.1, 0.15) is 0 Å². The Balaban J connectivity index is 2.43. The van der Waals surface area contributed by atoms with Crippen molar-refractivity contribution in [3.8, 4) is 0 Å². The van der Waals surface area contributed by atoms with Crippen LogP contribution in [0.5, 0.6) is 0 Å². The van der Waals surface area contributed by atoms with Crippen LogP contribution in [0.15, 0.2) is 24.8 Å². The molecule has 1 atom stereocenters. The van der Waals surface area contributed by atoms with E-state index in [1.54, 1.807) is 0 Å². The Morgan fingerprint density at radius 1 is 1.12 bits per heavy atom. The van der Waals surface area contributed by atoms with Gasteiger partial charge in [0.15, 0.2) is 0 Å². The number of nitrogens with zero attached hydrogens (tertiary/aromatic N) is 1. The summed E-state index contributed by atoms with van der Waals surface area (Å²) in [5.41, 5.74) is 4.37. The number of allylic oxidation sites excluding steroid dienone is 1. The third-order valence-electron chi connectivity index (χ3n) is 6.07. The Bertz CT molecular complexity index is 511. The lowest BCUT2D eigenvalue weighted by Gasteiger charge is -2.32. The summed E-state index contributed by atoms with van der Waals surface area (Å²) in [6.07, 6.45) is 16.0. The Labute approximate surface area is 150 Å². The lowest BCUT2D eigenvalue weighted by Crippen LogP contribution is -2.27. The van der Waals surface area contributed by atoms with Gasteiger partial charge < -0.3 is 0 Å². The van der Waals surface area contributed by atoms with Crippen LogP contribution in [0.3, 0.4) is 0 Å². The molecule has 1 fully saturated rings.